The van der Waals surface area contributed by atoms with E-state index in [0.29, 0.717) is 18.3 Å². The molecule has 1 aliphatic heterocycles. The van der Waals surface area contributed by atoms with E-state index in [9.17, 15) is 4.79 Å². The van der Waals surface area contributed by atoms with Crippen LogP contribution in [0.15, 0.2) is 30.5 Å². The number of amides is 1. The Morgan fingerprint density at radius 1 is 1.32 bits per heavy atom. The number of nitrogens with one attached hydrogen (secondary N) is 2. The summed E-state index contributed by atoms with van der Waals surface area (Å²) in [5.74, 6) is -0.244. The van der Waals surface area contributed by atoms with Crippen molar-refractivity contribution in [1.82, 2.24) is 20.3 Å². The van der Waals surface area contributed by atoms with Crippen molar-refractivity contribution in [2.24, 2.45) is 0 Å². The highest BCUT2D eigenvalue weighted by atomic mass is 16.5. The van der Waals surface area contributed by atoms with Gasteiger partial charge in [-0.25, -0.2) is 4.68 Å². The number of ether oxygens (including phenoxy) is 1. The maximum absolute atomic E-state index is 12.3. The van der Waals surface area contributed by atoms with Crippen molar-refractivity contribution >= 4 is 11.6 Å². The minimum Gasteiger partial charge on any atom is -0.374 e. The van der Waals surface area contributed by atoms with Crippen LogP contribution in [0.1, 0.15) is 48.8 Å². The monoisotopic (exact) mass is 343 g/mol. The summed E-state index contributed by atoms with van der Waals surface area (Å²) in [6.45, 7) is 6.52. The summed E-state index contributed by atoms with van der Waals surface area (Å²) >= 11 is 0. The Morgan fingerprint density at radius 2 is 2.04 bits per heavy atom. The van der Waals surface area contributed by atoms with Crippen LogP contribution in [0.5, 0.6) is 0 Å². The SMILES string of the molecule is CC(C)OCc1ccc(NC(=O)c2cn(C3CCNCC3)nn2)cc1. The van der Waals surface area contributed by atoms with Crippen molar-refractivity contribution in [3.8, 4) is 0 Å². The minimum absolute atomic E-state index is 0.196. The lowest BCUT2D eigenvalue weighted by atomic mass is 10.1. The standard InChI is InChI=1S/C18H25N5O2/c1-13(2)25-12-14-3-5-15(6-4-14)20-18(24)17-11-23(22-21-17)16-7-9-19-10-8-16/h3-6,11,13,16,19H,7-10,12H2,1-2H3,(H,20,24). The molecule has 2 heterocycles. The molecule has 1 saturated heterocycles. The van der Waals surface area contributed by atoms with Crippen LogP contribution in [0.25, 0.3) is 0 Å². The van der Waals surface area contributed by atoms with E-state index in [1.54, 1.807) is 6.20 Å². The Kier molecular flexibility index (Phi) is 5.78. The molecule has 0 aliphatic carbocycles. The van der Waals surface area contributed by atoms with E-state index >= 15 is 0 Å². The van der Waals surface area contributed by atoms with E-state index in [1.165, 1.54) is 0 Å². The van der Waals surface area contributed by atoms with Crippen molar-refractivity contribution in [3.63, 3.8) is 0 Å². The molecule has 0 saturated carbocycles. The third-order valence-electron chi connectivity index (χ3n) is 4.22. The molecule has 0 atom stereocenters. The van der Waals surface area contributed by atoms with E-state index in [4.69, 9.17) is 4.74 Å². The van der Waals surface area contributed by atoms with Gasteiger partial charge in [-0.2, -0.15) is 0 Å². The topological polar surface area (TPSA) is 81.1 Å². The fourth-order valence-corrected chi connectivity index (χ4v) is 2.77. The first kappa shape index (κ1) is 17.6. The zero-order chi connectivity index (χ0) is 17.6. The van der Waals surface area contributed by atoms with Gasteiger partial charge in [0.15, 0.2) is 5.69 Å². The molecular weight excluding hydrogens is 318 g/mol. The molecule has 7 nitrogen and oxygen atoms in total. The van der Waals surface area contributed by atoms with Gasteiger partial charge in [-0.15, -0.1) is 5.10 Å². The molecule has 0 bridgehead atoms. The van der Waals surface area contributed by atoms with Crippen molar-refractivity contribution in [1.29, 1.82) is 0 Å². The second-order valence-corrected chi connectivity index (χ2v) is 6.58. The van der Waals surface area contributed by atoms with Gasteiger partial charge in [0, 0.05) is 5.69 Å². The Balaban J connectivity index is 1.57. The van der Waals surface area contributed by atoms with Crippen LogP contribution in [0.3, 0.4) is 0 Å². The largest absolute Gasteiger partial charge is 0.374 e. The van der Waals surface area contributed by atoms with Gasteiger partial charge in [-0.05, 0) is 57.5 Å². The van der Waals surface area contributed by atoms with E-state index in [2.05, 4.69) is 20.9 Å². The first-order chi connectivity index (χ1) is 12.1. The van der Waals surface area contributed by atoms with Gasteiger partial charge in [-0.3, -0.25) is 4.79 Å². The number of anilines is 1. The number of hydrogen-bond acceptors (Lipinski definition) is 5. The Hall–Kier alpha value is -2.25. The number of hydrogen-bond donors (Lipinski definition) is 2. The molecule has 3 rings (SSSR count). The van der Waals surface area contributed by atoms with Gasteiger partial charge in [-0.1, -0.05) is 17.3 Å². The first-order valence-electron chi connectivity index (χ1n) is 8.76. The van der Waals surface area contributed by atoms with E-state index in [1.807, 2.05) is 42.8 Å². The summed E-state index contributed by atoms with van der Waals surface area (Å²) in [5.41, 5.74) is 2.14. The number of piperidine rings is 1. The molecule has 1 amide bonds. The van der Waals surface area contributed by atoms with Gasteiger partial charge in [0.05, 0.1) is 24.9 Å². The average Bonchev–Trinajstić information content (AvgIpc) is 3.12. The fourth-order valence-electron chi connectivity index (χ4n) is 2.77. The summed E-state index contributed by atoms with van der Waals surface area (Å²) in [6, 6.07) is 7.95. The van der Waals surface area contributed by atoms with Gasteiger partial charge >= 0.3 is 0 Å². The maximum Gasteiger partial charge on any atom is 0.277 e. The zero-order valence-corrected chi connectivity index (χ0v) is 14.7. The number of benzene rings is 1. The first-order valence-corrected chi connectivity index (χ1v) is 8.76. The van der Waals surface area contributed by atoms with Crippen molar-refractivity contribution < 1.29 is 9.53 Å². The molecule has 0 spiro atoms. The highest BCUT2D eigenvalue weighted by Crippen LogP contribution is 2.17. The van der Waals surface area contributed by atoms with E-state index < -0.39 is 0 Å². The Bertz CT molecular complexity index is 690. The van der Waals surface area contributed by atoms with E-state index in [-0.39, 0.29) is 12.0 Å². The van der Waals surface area contributed by atoms with E-state index in [0.717, 1.165) is 37.2 Å². The van der Waals surface area contributed by atoms with Gasteiger partial charge in [0.1, 0.15) is 0 Å². The summed E-state index contributed by atoms with van der Waals surface area (Å²) < 4.78 is 7.37. The summed E-state index contributed by atoms with van der Waals surface area (Å²) in [5, 5.41) is 14.3. The third kappa shape index (κ3) is 4.87. The van der Waals surface area contributed by atoms with Crippen molar-refractivity contribution in [2.75, 3.05) is 18.4 Å². The second-order valence-electron chi connectivity index (χ2n) is 6.58. The third-order valence-corrected chi connectivity index (χ3v) is 4.22. The predicted octanol–water partition coefficient (Wildman–Crippen LogP) is 2.38. The van der Waals surface area contributed by atoms with Gasteiger partial charge in [0.25, 0.3) is 5.91 Å². The summed E-state index contributed by atoms with van der Waals surface area (Å²) in [7, 11) is 0. The molecule has 1 fully saturated rings. The van der Waals surface area contributed by atoms with Crippen LogP contribution in [-0.2, 0) is 11.3 Å². The molecule has 7 heteroatoms. The number of nitrogens with zero attached hydrogens (tertiary/aromatic N) is 3. The van der Waals surface area contributed by atoms with Crippen LogP contribution in [0.2, 0.25) is 0 Å². The molecule has 134 valence electrons. The molecule has 0 unspecified atom stereocenters. The zero-order valence-electron chi connectivity index (χ0n) is 14.7. The number of aromatic nitrogens is 3. The van der Waals surface area contributed by atoms with Crippen LogP contribution >= 0.6 is 0 Å². The average molecular weight is 343 g/mol. The molecule has 25 heavy (non-hydrogen) atoms. The van der Waals surface area contributed by atoms with Gasteiger partial charge in [0.2, 0.25) is 0 Å². The van der Waals surface area contributed by atoms with Crippen molar-refractivity contribution in [3.05, 3.63) is 41.7 Å². The lowest BCUT2D eigenvalue weighted by Crippen LogP contribution is -2.29. The molecule has 2 aromatic rings. The van der Waals surface area contributed by atoms with Crippen LogP contribution in [-0.4, -0.2) is 40.1 Å². The number of carbonyl (C=O) groups is 1. The lowest BCUT2D eigenvalue weighted by Gasteiger charge is -2.22. The predicted molar refractivity (Wildman–Crippen MR) is 95.5 cm³/mol. The highest BCUT2D eigenvalue weighted by Gasteiger charge is 2.18. The normalized spacial score (nSPS) is 15.5. The number of carbonyl (C=O) groups excluding carboxylic acids is 1. The molecule has 1 aromatic heterocycles. The van der Waals surface area contributed by atoms with Crippen LogP contribution < -0.4 is 10.6 Å². The number of rotatable bonds is 6. The smallest absolute Gasteiger partial charge is 0.277 e. The minimum atomic E-state index is -0.244. The molecular formula is C18H25N5O2. The Morgan fingerprint density at radius 3 is 2.72 bits per heavy atom. The second kappa shape index (κ2) is 8.22. The Labute approximate surface area is 147 Å². The maximum atomic E-state index is 12.3. The van der Waals surface area contributed by atoms with Crippen molar-refractivity contribution in [2.45, 2.75) is 45.4 Å². The molecule has 2 N–H and O–H groups in total. The quantitative estimate of drug-likeness (QED) is 0.842. The van der Waals surface area contributed by atoms with Gasteiger partial charge < -0.3 is 15.4 Å². The van der Waals surface area contributed by atoms with Crippen LogP contribution in [0, 0.1) is 0 Å². The lowest BCUT2D eigenvalue weighted by molar-refractivity contribution is 0.0657. The molecule has 0 radical (unpaired) electrons. The highest BCUT2D eigenvalue weighted by molar-refractivity contribution is 6.02. The molecule has 1 aromatic carbocycles. The van der Waals surface area contributed by atoms with Crippen LogP contribution in [0.4, 0.5) is 5.69 Å². The molecule has 1 aliphatic rings. The fraction of sp³-hybridized carbons (Fsp3) is 0.500. The summed E-state index contributed by atoms with van der Waals surface area (Å²) in [6.07, 6.45) is 3.94. The summed E-state index contributed by atoms with van der Waals surface area (Å²) in [4.78, 5) is 12.3.